The van der Waals surface area contributed by atoms with E-state index in [1.807, 2.05) is 6.92 Å². The summed E-state index contributed by atoms with van der Waals surface area (Å²) in [4.78, 5) is 11.9. The van der Waals surface area contributed by atoms with E-state index in [1.165, 1.54) is 0 Å². The van der Waals surface area contributed by atoms with E-state index in [0.717, 1.165) is 19.3 Å². The average Bonchev–Trinajstić information content (AvgIpc) is 2.47. The maximum Gasteiger partial charge on any atom is 0.415 e. The number of aliphatic hydroxyl groups is 1. The molecule has 0 aromatic rings. The summed E-state index contributed by atoms with van der Waals surface area (Å²) in [5.41, 5.74) is -1.71. The van der Waals surface area contributed by atoms with Gasteiger partial charge < -0.3 is 9.84 Å². The van der Waals surface area contributed by atoms with Crippen molar-refractivity contribution in [2.45, 2.75) is 61.9 Å². The third-order valence-corrected chi connectivity index (χ3v) is 6.29. The Hall–Kier alpha value is -0.480. The van der Waals surface area contributed by atoms with E-state index < -0.39 is 34.5 Å². The summed E-state index contributed by atoms with van der Waals surface area (Å²) < 4.78 is 36.5. The van der Waals surface area contributed by atoms with Gasteiger partial charge in [0.15, 0.2) is 0 Å². The summed E-state index contributed by atoms with van der Waals surface area (Å²) in [6, 6.07) is 0. The second-order valence-corrected chi connectivity index (χ2v) is 7.82. The Bertz CT molecular complexity index is 472. The highest BCUT2D eigenvalue weighted by Crippen LogP contribution is 2.62. The fourth-order valence-electron chi connectivity index (χ4n) is 5.16. The van der Waals surface area contributed by atoms with Crippen molar-refractivity contribution in [3.8, 4) is 0 Å². The molecule has 0 aliphatic heterocycles. The van der Waals surface area contributed by atoms with Crippen LogP contribution in [0.25, 0.3) is 0 Å². The van der Waals surface area contributed by atoms with Crippen LogP contribution in [0.15, 0.2) is 0 Å². The highest BCUT2D eigenvalue weighted by Gasteiger charge is 2.64. The van der Waals surface area contributed by atoms with Crippen LogP contribution in [0.1, 0.15) is 45.4 Å². The molecule has 23 heavy (non-hydrogen) atoms. The Morgan fingerprint density at radius 2 is 1.91 bits per heavy atom. The van der Waals surface area contributed by atoms with Crippen molar-refractivity contribution in [1.29, 1.82) is 0 Å². The first-order valence-electron chi connectivity index (χ1n) is 7.74. The molecule has 0 radical (unpaired) electrons. The highest BCUT2D eigenvalue weighted by atomic mass is 32.2. The van der Waals surface area contributed by atoms with E-state index in [0.29, 0.717) is 25.2 Å². The SMILES string of the molecule is CCC1(OC(=O)C(F)(F)SOOO)C2CC3CC1CC(O)(C3)C2. The van der Waals surface area contributed by atoms with Crippen LogP contribution < -0.4 is 0 Å². The zero-order valence-electron chi connectivity index (χ0n) is 12.7. The normalized spacial score (nSPS) is 42.0. The van der Waals surface area contributed by atoms with Crippen LogP contribution in [-0.4, -0.2) is 32.8 Å². The molecule has 4 rings (SSSR count). The predicted molar refractivity (Wildman–Crippen MR) is 75.0 cm³/mol. The Labute approximate surface area is 136 Å². The molecule has 0 spiro atoms. The van der Waals surface area contributed by atoms with Crippen molar-refractivity contribution in [2.75, 3.05) is 0 Å². The minimum atomic E-state index is -3.99. The number of hydrogen-bond acceptors (Lipinski definition) is 7. The van der Waals surface area contributed by atoms with Gasteiger partial charge in [-0.15, -0.1) is 4.33 Å². The van der Waals surface area contributed by atoms with Gasteiger partial charge >= 0.3 is 11.2 Å². The highest BCUT2D eigenvalue weighted by molar-refractivity contribution is 7.96. The van der Waals surface area contributed by atoms with Crippen molar-refractivity contribution < 1.29 is 38.0 Å². The second-order valence-electron chi connectivity index (χ2n) is 7.01. The first-order valence-corrected chi connectivity index (χ1v) is 8.48. The number of carbonyl (C=O) groups excluding carboxylic acids is 1. The zero-order chi connectivity index (χ0) is 16.9. The molecule has 0 heterocycles. The van der Waals surface area contributed by atoms with E-state index >= 15 is 0 Å². The first kappa shape index (κ1) is 17.3. The van der Waals surface area contributed by atoms with Crippen molar-refractivity contribution in [1.82, 2.24) is 0 Å². The number of ether oxygens (including phenoxy) is 1. The van der Waals surface area contributed by atoms with Crippen LogP contribution in [0.5, 0.6) is 0 Å². The van der Waals surface area contributed by atoms with Crippen molar-refractivity contribution in [3.63, 3.8) is 0 Å². The van der Waals surface area contributed by atoms with Gasteiger partial charge in [-0.25, -0.2) is 10.1 Å². The largest absolute Gasteiger partial charge is 0.453 e. The number of hydrogen-bond donors (Lipinski definition) is 2. The van der Waals surface area contributed by atoms with Crippen molar-refractivity contribution >= 4 is 18.0 Å². The van der Waals surface area contributed by atoms with E-state index in [-0.39, 0.29) is 11.8 Å². The van der Waals surface area contributed by atoms with E-state index in [4.69, 9.17) is 9.99 Å². The van der Waals surface area contributed by atoms with Gasteiger partial charge in [0.25, 0.3) is 0 Å². The maximum absolute atomic E-state index is 13.7. The van der Waals surface area contributed by atoms with Gasteiger partial charge in [0.05, 0.1) is 5.60 Å². The third kappa shape index (κ3) is 2.86. The molecule has 0 aromatic heterocycles. The third-order valence-electron chi connectivity index (χ3n) is 5.78. The van der Waals surface area contributed by atoms with E-state index in [2.05, 4.69) is 9.37 Å². The Morgan fingerprint density at radius 3 is 2.39 bits per heavy atom. The van der Waals surface area contributed by atoms with Crippen LogP contribution >= 0.6 is 12.0 Å². The van der Waals surface area contributed by atoms with Crippen molar-refractivity contribution in [3.05, 3.63) is 0 Å². The topological polar surface area (TPSA) is 85.2 Å². The number of halogens is 2. The molecule has 9 heteroatoms. The number of rotatable bonds is 6. The molecular formula is C14H20F2O6S. The molecule has 0 saturated heterocycles. The molecule has 4 saturated carbocycles. The Morgan fingerprint density at radius 1 is 1.30 bits per heavy atom. The fraction of sp³-hybridized carbons (Fsp3) is 0.929. The summed E-state index contributed by atoms with van der Waals surface area (Å²) in [7, 11) is 0. The average molecular weight is 354 g/mol. The van der Waals surface area contributed by atoms with Crippen LogP contribution in [-0.2, 0) is 18.9 Å². The van der Waals surface area contributed by atoms with Gasteiger partial charge in [0.1, 0.15) is 17.6 Å². The lowest BCUT2D eigenvalue weighted by molar-refractivity contribution is -0.433. The fourth-order valence-corrected chi connectivity index (χ4v) is 5.38. The summed E-state index contributed by atoms with van der Waals surface area (Å²) in [5.74, 6) is -1.55. The lowest BCUT2D eigenvalue weighted by Crippen LogP contribution is -2.65. The minimum absolute atomic E-state index is 0.108. The number of carbonyl (C=O) groups is 1. The minimum Gasteiger partial charge on any atom is -0.453 e. The molecule has 132 valence electrons. The van der Waals surface area contributed by atoms with Gasteiger partial charge in [-0.05, 0) is 44.4 Å². The van der Waals surface area contributed by atoms with Crippen LogP contribution in [0.3, 0.4) is 0 Å². The molecular weight excluding hydrogens is 334 g/mol. The molecule has 0 aromatic carbocycles. The van der Waals surface area contributed by atoms with E-state index in [9.17, 15) is 18.7 Å². The molecule has 6 nitrogen and oxygen atoms in total. The Balaban J connectivity index is 1.78. The first-order chi connectivity index (χ1) is 10.7. The summed E-state index contributed by atoms with van der Waals surface area (Å²) >= 11 is -0.608. The molecule has 2 N–H and O–H groups in total. The number of esters is 1. The Kier molecular flexibility index (Phi) is 4.38. The monoisotopic (exact) mass is 354 g/mol. The lowest BCUT2D eigenvalue weighted by atomic mass is 9.47. The molecule has 2 atom stereocenters. The molecule has 2 unspecified atom stereocenters. The van der Waals surface area contributed by atoms with Gasteiger partial charge in [-0.2, -0.15) is 8.78 Å². The predicted octanol–water partition coefficient (Wildman–Crippen LogP) is 2.91. The van der Waals surface area contributed by atoms with Gasteiger partial charge in [0, 0.05) is 11.8 Å². The van der Waals surface area contributed by atoms with Gasteiger partial charge in [-0.3, -0.25) is 0 Å². The molecule has 4 aliphatic rings. The van der Waals surface area contributed by atoms with Crippen LogP contribution in [0, 0.1) is 17.8 Å². The van der Waals surface area contributed by atoms with Crippen LogP contribution in [0.4, 0.5) is 8.78 Å². The molecule has 0 amide bonds. The van der Waals surface area contributed by atoms with Crippen molar-refractivity contribution in [2.24, 2.45) is 17.8 Å². The molecule has 4 fully saturated rings. The summed E-state index contributed by atoms with van der Waals surface area (Å²) in [5, 5.41) is 17.7. The molecule has 4 aliphatic carbocycles. The smallest absolute Gasteiger partial charge is 0.415 e. The number of alkyl halides is 2. The quantitative estimate of drug-likeness (QED) is 0.328. The maximum atomic E-state index is 13.7. The standard InChI is InChI=1S/C14H20F2O6S/c1-2-13(20-11(17)14(15,16)23-22-21-19)9-3-8-4-10(13)7-12(18,5-8)6-9/h8-10,18-19H,2-7H2,1H3. The van der Waals surface area contributed by atoms with Gasteiger partial charge in [0.2, 0.25) is 0 Å². The second kappa shape index (κ2) is 5.80. The van der Waals surface area contributed by atoms with E-state index in [1.54, 1.807) is 0 Å². The lowest BCUT2D eigenvalue weighted by Gasteiger charge is -2.62. The molecule has 4 bridgehead atoms. The van der Waals surface area contributed by atoms with Gasteiger partial charge in [-0.1, -0.05) is 12.0 Å². The van der Waals surface area contributed by atoms with Crippen LogP contribution in [0.2, 0.25) is 0 Å². The zero-order valence-corrected chi connectivity index (χ0v) is 13.5. The summed E-state index contributed by atoms with van der Waals surface area (Å²) in [6.07, 6.45) is 3.71. The summed E-state index contributed by atoms with van der Waals surface area (Å²) in [6.45, 7) is 1.82.